The molecule has 0 spiro atoms. The summed E-state index contributed by atoms with van der Waals surface area (Å²) in [5, 5.41) is 2.70. The van der Waals surface area contributed by atoms with E-state index in [0.717, 1.165) is 11.1 Å². The van der Waals surface area contributed by atoms with E-state index in [2.05, 4.69) is 5.32 Å². The molecule has 2 aromatic carbocycles. The van der Waals surface area contributed by atoms with E-state index in [1.807, 2.05) is 62.4 Å². The van der Waals surface area contributed by atoms with Gasteiger partial charge in [0.1, 0.15) is 17.4 Å². The molecule has 0 unspecified atom stereocenters. The highest BCUT2D eigenvalue weighted by Gasteiger charge is 2.33. The van der Waals surface area contributed by atoms with Gasteiger partial charge in [0.15, 0.2) is 6.61 Å². The number of nitrogens with one attached hydrogen (secondary N) is 1. The van der Waals surface area contributed by atoms with Gasteiger partial charge in [0, 0.05) is 17.2 Å². The van der Waals surface area contributed by atoms with E-state index < -0.39 is 11.9 Å². The largest absolute Gasteiger partial charge is 0.457 e. The minimum Gasteiger partial charge on any atom is -0.457 e. The van der Waals surface area contributed by atoms with Gasteiger partial charge in [-0.1, -0.05) is 36.4 Å². The molecule has 5 nitrogen and oxygen atoms in total. The lowest BCUT2D eigenvalue weighted by Gasteiger charge is -2.26. The molecule has 1 heterocycles. The first-order valence-electron chi connectivity index (χ1n) is 7.88. The summed E-state index contributed by atoms with van der Waals surface area (Å²) in [5.41, 5.74) is 1.48. The van der Waals surface area contributed by atoms with Crippen molar-refractivity contribution in [3.05, 3.63) is 59.7 Å². The highest BCUT2D eigenvalue weighted by Crippen LogP contribution is 2.44. The van der Waals surface area contributed by atoms with Gasteiger partial charge in [-0.15, -0.1) is 0 Å². The summed E-state index contributed by atoms with van der Waals surface area (Å²) in [7, 11) is 0. The molecule has 0 bridgehead atoms. The third kappa shape index (κ3) is 3.25. The number of carbonyl (C=O) groups is 2. The van der Waals surface area contributed by atoms with Crippen molar-refractivity contribution < 1.29 is 19.1 Å². The van der Waals surface area contributed by atoms with Crippen molar-refractivity contribution in [1.29, 1.82) is 0 Å². The molecule has 3 rings (SSSR count). The number of fused-ring (bicyclic) bond motifs is 2. The Balaban J connectivity index is 1.84. The number of ether oxygens (including phenoxy) is 2. The average molecular weight is 325 g/mol. The van der Waals surface area contributed by atoms with Gasteiger partial charge in [-0.25, -0.2) is 0 Å². The third-order valence-electron chi connectivity index (χ3n) is 3.71. The van der Waals surface area contributed by atoms with Gasteiger partial charge in [0.25, 0.3) is 5.91 Å². The molecule has 24 heavy (non-hydrogen) atoms. The summed E-state index contributed by atoms with van der Waals surface area (Å²) >= 11 is 0. The normalized spacial score (nSPS) is 12.8. The third-order valence-corrected chi connectivity index (χ3v) is 3.71. The van der Waals surface area contributed by atoms with Crippen LogP contribution in [0.1, 0.15) is 30.9 Å². The molecule has 0 radical (unpaired) electrons. The molecule has 5 heteroatoms. The molecule has 0 atom stereocenters. The van der Waals surface area contributed by atoms with Gasteiger partial charge < -0.3 is 14.8 Å². The fraction of sp³-hybridized carbons (Fsp3) is 0.263. The summed E-state index contributed by atoms with van der Waals surface area (Å²) in [5.74, 6) is -0.114. The monoisotopic (exact) mass is 325 g/mol. The molecule has 124 valence electrons. The molecule has 0 saturated heterocycles. The fourth-order valence-corrected chi connectivity index (χ4v) is 2.75. The molecule has 0 aromatic heterocycles. The SMILES string of the molecule is CC(C)NC(=O)COC(=O)C1c2ccccc2Oc2ccccc21. The van der Waals surface area contributed by atoms with Crippen molar-refractivity contribution >= 4 is 11.9 Å². The maximum atomic E-state index is 12.7. The topological polar surface area (TPSA) is 64.6 Å². The van der Waals surface area contributed by atoms with Crippen molar-refractivity contribution in [2.75, 3.05) is 6.61 Å². The second-order valence-electron chi connectivity index (χ2n) is 5.94. The lowest BCUT2D eigenvalue weighted by molar-refractivity contribution is -0.149. The van der Waals surface area contributed by atoms with Gasteiger partial charge in [-0.2, -0.15) is 0 Å². The van der Waals surface area contributed by atoms with E-state index in [4.69, 9.17) is 9.47 Å². The summed E-state index contributed by atoms with van der Waals surface area (Å²) < 4.78 is 11.1. The molecule has 0 aliphatic carbocycles. The highest BCUT2D eigenvalue weighted by molar-refractivity contribution is 5.87. The predicted molar refractivity (Wildman–Crippen MR) is 89.0 cm³/mol. The first kappa shape index (κ1) is 16.1. The molecule has 1 N–H and O–H groups in total. The number of hydrogen-bond acceptors (Lipinski definition) is 4. The first-order chi connectivity index (χ1) is 11.6. The van der Waals surface area contributed by atoms with Gasteiger partial charge in [0.05, 0.1) is 0 Å². The minimum absolute atomic E-state index is 0.000680. The quantitative estimate of drug-likeness (QED) is 0.878. The van der Waals surface area contributed by atoms with Crippen molar-refractivity contribution in [3.63, 3.8) is 0 Å². The molecule has 0 saturated carbocycles. The van der Waals surface area contributed by atoms with Crippen LogP contribution in [0.25, 0.3) is 0 Å². The maximum absolute atomic E-state index is 12.7. The second-order valence-corrected chi connectivity index (χ2v) is 5.94. The van der Waals surface area contributed by atoms with Crippen LogP contribution in [0, 0.1) is 0 Å². The Morgan fingerprint density at radius 1 is 1.04 bits per heavy atom. The van der Waals surface area contributed by atoms with Crippen molar-refractivity contribution in [1.82, 2.24) is 5.32 Å². The van der Waals surface area contributed by atoms with Crippen LogP contribution in [-0.4, -0.2) is 24.5 Å². The van der Waals surface area contributed by atoms with Crippen LogP contribution in [0.4, 0.5) is 0 Å². The zero-order valence-electron chi connectivity index (χ0n) is 13.6. The van der Waals surface area contributed by atoms with Crippen LogP contribution in [-0.2, 0) is 14.3 Å². The van der Waals surface area contributed by atoms with E-state index in [9.17, 15) is 9.59 Å². The van der Waals surface area contributed by atoms with E-state index in [-0.39, 0.29) is 18.6 Å². The second kappa shape index (κ2) is 6.74. The van der Waals surface area contributed by atoms with Gasteiger partial charge >= 0.3 is 5.97 Å². The van der Waals surface area contributed by atoms with E-state index in [1.54, 1.807) is 0 Å². The summed E-state index contributed by atoms with van der Waals surface area (Å²) in [4.78, 5) is 24.4. The van der Waals surface area contributed by atoms with Crippen LogP contribution in [0.2, 0.25) is 0 Å². The Kier molecular flexibility index (Phi) is 4.51. The summed E-state index contributed by atoms with van der Waals surface area (Å²) in [6, 6.07) is 14.7. The molecule has 1 amide bonds. The van der Waals surface area contributed by atoms with Crippen molar-refractivity contribution in [3.8, 4) is 11.5 Å². The summed E-state index contributed by atoms with van der Waals surface area (Å²) in [6.45, 7) is 3.41. The van der Waals surface area contributed by atoms with E-state index >= 15 is 0 Å². The molecule has 1 aliphatic heterocycles. The Hall–Kier alpha value is -2.82. The van der Waals surface area contributed by atoms with E-state index in [0.29, 0.717) is 11.5 Å². The number of para-hydroxylation sites is 2. The van der Waals surface area contributed by atoms with E-state index in [1.165, 1.54) is 0 Å². The average Bonchev–Trinajstić information content (AvgIpc) is 2.57. The zero-order chi connectivity index (χ0) is 17.1. The lowest BCUT2D eigenvalue weighted by atomic mass is 9.88. The van der Waals surface area contributed by atoms with Gasteiger partial charge in [-0.05, 0) is 26.0 Å². The van der Waals surface area contributed by atoms with Crippen LogP contribution < -0.4 is 10.1 Å². The van der Waals surface area contributed by atoms with Gasteiger partial charge in [0.2, 0.25) is 0 Å². The maximum Gasteiger partial charge on any atom is 0.318 e. The Morgan fingerprint density at radius 2 is 1.58 bits per heavy atom. The van der Waals surface area contributed by atoms with Crippen LogP contribution in [0.15, 0.2) is 48.5 Å². The van der Waals surface area contributed by atoms with Crippen LogP contribution in [0.5, 0.6) is 11.5 Å². The van der Waals surface area contributed by atoms with Crippen LogP contribution in [0.3, 0.4) is 0 Å². The number of hydrogen-bond donors (Lipinski definition) is 1. The Labute approximate surface area is 140 Å². The molecule has 0 fully saturated rings. The minimum atomic E-state index is -0.599. The highest BCUT2D eigenvalue weighted by atomic mass is 16.5. The predicted octanol–water partition coefficient (Wildman–Crippen LogP) is 2.99. The molecule has 2 aromatic rings. The fourth-order valence-electron chi connectivity index (χ4n) is 2.75. The number of rotatable bonds is 4. The Bertz CT molecular complexity index is 724. The molecule has 1 aliphatic rings. The smallest absolute Gasteiger partial charge is 0.318 e. The molecular weight excluding hydrogens is 306 g/mol. The van der Waals surface area contributed by atoms with Crippen molar-refractivity contribution in [2.45, 2.75) is 25.8 Å². The van der Waals surface area contributed by atoms with Crippen molar-refractivity contribution in [2.24, 2.45) is 0 Å². The number of carbonyl (C=O) groups excluding carboxylic acids is 2. The molecular formula is C19H19NO4. The Morgan fingerprint density at radius 3 is 2.12 bits per heavy atom. The lowest BCUT2D eigenvalue weighted by Crippen LogP contribution is -2.34. The number of esters is 1. The summed E-state index contributed by atoms with van der Waals surface area (Å²) in [6.07, 6.45) is 0. The zero-order valence-corrected chi connectivity index (χ0v) is 13.6. The standard InChI is InChI=1S/C19H19NO4/c1-12(2)20-17(21)11-23-19(22)18-13-7-3-5-9-15(13)24-16-10-6-4-8-14(16)18/h3-10,12,18H,11H2,1-2H3,(H,20,21). The van der Waals surface area contributed by atoms with Crippen LogP contribution >= 0.6 is 0 Å². The first-order valence-corrected chi connectivity index (χ1v) is 7.88. The van der Waals surface area contributed by atoms with Gasteiger partial charge in [-0.3, -0.25) is 9.59 Å². The number of benzene rings is 2. The number of amides is 1.